The maximum atomic E-state index is 11.7. The number of amides is 1. The van der Waals surface area contributed by atoms with Crippen LogP contribution in [0.1, 0.15) is 11.6 Å². The maximum Gasteiger partial charge on any atom is 0.264 e. The fourth-order valence-electron chi connectivity index (χ4n) is 1.87. The van der Waals surface area contributed by atoms with E-state index in [4.69, 9.17) is 4.74 Å². The van der Waals surface area contributed by atoms with Crippen molar-refractivity contribution < 1.29 is 9.53 Å². The van der Waals surface area contributed by atoms with E-state index in [1.165, 1.54) is 15.5 Å². The lowest BCUT2D eigenvalue weighted by atomic mass is 9.94. The topological polar surface area (TPSA) is 29.5 Å². The van der Waals surface area contributed by atoms with E-state index in [1.54, 1.807) is 11.4 Å². The second-order valence-corrected chi connectivity index (χ2v) is 5.51. The molecule has 0 aromatic heterocycles. The van der Waals surface area contributed by atoms with Gasteiger partial charge in [-0.3, -0.25) is 9.10 Å². The van der Waals surface area contributed by atoms with Gasteiger partial charge in [-0.1, -0.05) is 24.1 Å². The molecule has 0 aliphatic carbocycles. The van der Waals surface area contributed by atoms with Crippen LogP contribution < -0.4 is 0 Å². The molecule has 1 saturated heterocycles. The Morgan fingerprint density at radius 3 is 2.81 bits per heavy atom. The predicted molar refractivity (Wildman–Crippen MR) is 73.1 cm³/mol. The van der Waals surface area contributed by atoms with Crippen molar-refractivity contribution in [3.63, 3.8) is 0 Å². The van der Waals surface area contributed by atoms with Crippen molar-refractivity contribution >= 4 is 40.4 Å². The molecule has 0 radical (unpaired) electrons. The summed E-state index contributed by atoms with van der Waals surface area (Å²) in [5.41, 5.74) is 1.13. The molecule has 1 amide bonds. The lowest BCUT2D eigenvalue weighted by Crippen LogP contribution is -2.56. The molecule has 16 heavy (non-hydrogen) atoms. The smallest absolute Gasteiger partial charge is 0.264 e. The molecular weight excluding hydrogens is 337 g/mol. The molecule has 0 N–H and O–H groups in total. The first-order valence-corrected chi connectivity index (χ1v) is 7.10. The zero-order valence-corrected chi connectivity index (χ0v) is 12.0. The van der Waals surface area contributed by atoms with Gasteiger partial charge in [-0.25, -0.2) is 0 Å². The van der Waals surface area contributed by atoms with E-state index >= 15 is 0 Å². The minimum Gasteiger partial charge on any atom is -0.369 e. The number of hydrogen-bond acceptors (Lipinski definition) is 3. The molecule has 3 nitrogen and oxygen atoms in total. The van der Waals surface area contributed by atoms with E-state index < -0.39 is 0 Å². The van der Waals surface area contributed by atoms with E-state index in [9.17, 15) is 4.79 Å². The van der Waals surface area contributed by atoms with Gasteiger partial charge >= 0.3 is 0 Å². The van der Waals surface area contributed by atoms with Crippen molar-refractivity contribution in [2.24, 2.45) is 0 Å². The van der Waals surface area contributed by atoms with E-state index in [1.807, 2.05) is 24.5 Å². The molecule has 1 aromatic carbocycles. The molecule has 5 heteroatoms. The Labute approximate surface area is 113 Å². The molecule has 1 fully saturated rings. The summed E-state index contributed by atoms with van der Waals surface area (Å²) in [5, 5.41) is 0. The van der Waals surface area contributed by atoms with Crippen molar-refractivity contribution in [2.45, 2.75) is 12.1 Å². The second-order valence-electron chi connectivity index (χ2n) is 3.50. The number of methoxy groups -OCH3 is 1. The van der Waals surface area contributed by atoms with Crippen LogP contribution >= 0.6 is 34.5 Å². The lowest BCUT2D eigenvalue weighted by molar-refractivity contribution is -0.158. The molecule has 1 heterocycles. The fourth-order valence-corrected chi connectivity index (χ4v) is 3.18. The third kappa shape index (κ3) is 1.96. The van der Waals surface area contributed by atoms with E-state index in [0.29, 0.717) is 0 Å². The molecule has 86 valence electrons. The zero-order valence-electron chi connectivity index (χ0n) is 9.01. The summed E-state index contributed by atoms with van der Waals surface area (Å²) in [6, 6.07) is 8.21. The van der Waals surface area contributed by atoms with Crippen LogP contribution in [0.5, 0.6) is 0 Å². The number of nitrogens with zero attached hydrogens (tertiary/aromatic N) is 1. The third-order valence-corrected chi connectivity index (χ3v) is 4.11. The molecule has 1 aromatic rings. The largest absolute Gasteiger partial charge is 0.369 e. The maximum absolute atomic E-state index is 11.7. The van der Waals surface area contributed by atoms with E-state index in [-0.39, 0.29) is 18.1 Å². The lowest BCUT2D eigenvalue weighted by Gasteiger charge is -2.44. The second kappa shape index (κ2) is 4.93. The van der Waals surface area contributed by atoms with Crippen LogP contribution in [-0.2, 0) is 9.53 Å². The van der Waals surface area contributed by atoms with E-state index in [2.05, 4.69) is 28.7 Å². The number of halogens is 1. The normalized spacial score (nSPS) is 24.4. The molecule has 0 bridgehead atoms. The summed E-state index contributed by atoms with van der Waals surface area (Å²) in [7, 11) is 1.58. The molecule has 2 atom stereocenters. The average molecular weight is 349 g/mol. The van der Waals surface area contributed by atoms with Crippen LogP contribution in [0, 0.1) is 3.57 Å². The Balaban J connectivity index is 2.28. The highest BCUT2D eigenvalue weighted by atomic mass is 127. The van der Waals surface area contributed by atoms with Gasteiger partial charge in [-0.05, 0) is 40.3 Å². The number of rotatable bonds is 3. The highest BCUT2D eigenvalue weighted by Crippen LogP contribution is 2.40. The quantitative estimate of drug-likeness (QED) is 0.477. The molecular formula is C11H12INO2S. The minimum atomic E-state index is -0.328. The Bertz CT molecular complexity index is 399. The van der Waals surface area contributed by atoms with Gasteiger partial charge in [0.15, 0.2) is 6.10 Å². The summed E-state index contributed by atoms with van der Waals surface area (Å²) in [6.07, 6.45) is 1.58. The van der Waals surface area contributed by atoms with Crippen molar-refractivity contribution in [3.05, 3.63) is 33.4 Å². The first kappa shape index (κ1) is 12.2. The Hall–Kier alpha value is -0.270. The molecule has 1 aliphatic heterocycles. The van der Waals surface area contributed by atoms with E-state index in [0.717, 1.165) is 5.56 Å². The van der Waals surface area contributed by atoms with Crippen molar-refractivity contribution in [3.8, 4) is 0 Å². The molecule has 0 saturated carbocycles. The van der Waals surface area contributed by atoms with Crippen LogP contribution in [0.4, 0.5) is 0 Å². The van der Waals surface area contributed by atoms with Crippen LogP contribution in [0.2, 0.25) is 0 Å². The van der Waals surface area contributed by atoms with Gasteiger partial charge in [-0.15, -0.1) is 0 Å². The first-order chi connectivity index (χ1) is 7.69. The zero-order chi connectivity index (χ0) is 11.7. The number of carbonyl (C=O) groups excluding carboxylic acids is 1. The molecule has 2 rings (SSSR count). The van der Waals surface area contributed by atoms with Gasteiger partial charge in [0.2, 0.25) is 0 Å². The third-order valence-electron chi connectivity index (χ3n) is 2.64. The van der Waals surface area contributed by atoms with Gasteiger partial charge in [-0.2, -0.15) is 0 Å². The number of carbonyl (C=O) groups is 1. The average Bonchev–Trinajstić information content (AvgIpc) is 2.27. The van der Waals surface area contributed by atoms with Crippen LogP contribution in [0.25, 0.3) is 0 Å². The summed E-state index contributed by atoms with van der Waals surface area (Å²) < 4.78 is 8.17. The summed E-state index contributed by atoms with van der Waals surface area (Å²) in [4.78, 5) is 11.7. The van der Waals surface area contributed by atoms with Gasteiger partial charge in [0.05, 0.1) is 0 Å². The molecule has 0 unspecified atom stereocenters. The summed E-state index contributed by atoms with van der Waals surface area (Å²) in [6.45, 7) is 0. The predicted octanol–water partition coefficient (Wildman–Crippen LogP) is 2.47. The van der Waals surface area contributed by atoms with Gasteiger partial charge < -0.3 is 4.74 Å². The number of β-lactam (4-membered cyclic amide) rings is 1. The first-order valence-electron chi connectivity index (χ1n) is 4.84. The number of benzene rings is 1. The monoisotopic (exact) mass is 349 g/mol. The Kier molecular flexibility index (Phi) is 3.76. The molecule has 1 aliphatic rings. The fraction of sp³-hybridized carbons (Fsp3) is 0.364. The standard InChI is InChI=1S/C11H12INO2S/c1-15-10-9(13(16-2)11(10)14)7-4-3-5-8(12)6-7/h3-6,9-10H,1-2H3/t9-,10+/m0/s1. The number of hydrogen-bond donors (Lipinski definition) is 0. The Morgan fingerprint density at radius 1 is 1.50 bits per heavy atom. The van der Waals surface area contributed by atoms with Crippen LogP contribution in [0.15, 0.2) is 24.3 Å². The molecule has 0 spiro atoms. The van der Waals surface area contributed by atoms with Crippen LogP contribution in [0.3, 0.4) is 0 Å². The minimum absolute atomic E-state index is 0.0437. The van der Waals surface area contributed by atoms with Crippen molar-refractivity contribution in [2.75, 3.05) is 13.4 Å². The van der Waals surface area contributed by atoms with Crippen molar-refractivity contribution in [1.29, 1.82) is 0 Å². The van der Waals surface area contributed by atoms with Crippen LogP contribution in [-0.4, -0.2) is 29.7 Å². The SMILES string of the molecule is CO[C@H]1C(=O)N(SC)[C@H]1c1cccc(I)c1. The van der Waals surface area contributed by atoms with Gasteiger partial charge in [0, 0.05) is 16.9 Å². The number of ether oxygens (including phenoxy) is 1. The highest BCUT2D eigenvalue weighted by molar-refractivity contribution is 14.1. The Morgan fingerprint density at radius 2 is 2.25 bits per heavy atom. The van der Waals surface area contributed by atoms with Gasteiger partial charge in [0.25, 0.3) is 5.91 Å². The van der Waals surface area contributed by atoms with Crippen molar-refractivity contribution in [1.82, 2.24) is 4.31 Å². The summed E-state index contributed by atoms with van der Waals surface area (Å²) >= 11 is 3.72. The summed E-state index contributed by atoms with van der Waals surface area (Å²) in [5.74, 6) is 0.0545. The highest BCUT2D eigenvalue weighted by Gasteiger charge is 2.48. The van der Waals surface area contributed by atoms with Gasteiger partial charge in [0.1, 0.15) is 6.04 Å².